The molecular weight excluding hydrogens is 464 g/mol. The number of hydrogen-bond acceptors (Lipinski definition) is 5. The van der Waals surface area contributed by atoms with E-state index in [0.717, 1.165) is 22.2 Å². The number of nitrogens with one attached hydrogen (secondary N) is 1. The fourth-order valence-corrected chi connectivity index (χ4v) is 4.44. The van der Waals surface area contributed by atoms with E-state index in [1.165, 1.54) is 0 Å². The van der Waals surface area contributed by atoms with Crippen LogP contribution in [0.25, 0.3) is 44.5 Å². The van der Waals surface area contributed by atoms with E-state index in [-0.39, 0.29) is 5.76 Å². The molecule has 1 amide bonds. The SMILES string of the molecule is Cc1ccc(-c2c(C(=O)Nc3cccc(-c4nc5ccc(C)cc5o4)c3)oc(=O)c3ccccc23)cc1. The highest BCUT2D eigenvalue weighted by atomic mass is 16.4. The molecular formula is C31H22N2O4. The summed E-state index contributed by atoms with van der Waals surface area (Å²) in [6.45, 7) is 3.99. The number of aromatic nitrogens is 1. The second-order valence-electron chi connectivity index (χ2n) is 9.03. The van der Waals surface area contributed by atoms with Crippen LogP contribution < -0.4 is 10.9 Å². The molecule has 6 aromatic rings. The van der Waals surface area contributed by atoms with E-state index in [1.54, 1.807) is 24.3 Å². The van der Waals surface area contributed by atoms with Crippen molar-refractivity contribution in [3.63, 3.8) is 0 Å². The van der Waals surface area contributed by atoms with Gasteiger partial charge in [0.15, 0.2) is 5.58 Å². The van der Waals surface area contributed by atoms with E-state index in [0.29, 0.717) is 39.1 Å². The number of amides is 1. The molecule has 2 aromatic heterocycles. The Kier molecular flexibility index (Phi) is 5.42. The Morgan fingerprint density at radius 1 is 0.757 bits per heavy atom. The molecule has 0 atom stereocenters. The fraction of sp³-hybridized carbons (Fsp3) is 0.0645. The minimum absolute atomic E-state index is 0.0460. The highest BCUT2D eigenvalue weighted by molar-refractivity contribution is 6.12. The van der Waals surface area contributed by atoms with Crippen molar-refractivity contribution in [2.24, 2.45) is 0 Å². The fourth-order valence-electron chi connectivity index (χ4n) is 4.44. The number of carbonyl (C=O) groups is 1. The quantitative estimate of drug-likeness (QED) is 0.286. The third kappa shape index (κ3) is 4.19. The summed E-state index contributed by atoms with van der Waals surface area (Å²) in [6, 6.07) is 27.9. The number of fused-ring (bicyclic) bond motifs is 2. The highest BCUT2D eigenvalue weighted by Gasteiger charge is 2.22. The highest BCUT2D eigenvalue weighted by Crippen LogP contribution is 2.32. The largest absolute Gasteiger partial charge is 0.436 e. The number of anilines is 1. The molecule has 2 heterocycles. The summed E-state index contributed by atoms with van der Waals surface area (Å²) in [5.41, 5.74) is 5.65. The molecule has 0 aliphatic carbocycles. The summed E-state index contributed by atoms with van der Waals surface area (Å²) in [7, 11) is 0. The van der Waals surface area contributed by atoms with E-state index < -0.39 is 11.5 Å². The van der Waals surface area contributed by atoms with Crippen LogP contribution in [0.3, 0.4) is 0 Å². The van der Waals surface area contributed by atoms with Crippen LogP contribution in [0.5, 0.6) is 0 Å². The lowest BCUT2D eigenvalue weighted by Crippen LogP contribution is -2.17. The van der Waals surface area contributed by atoms with Crippen molar-refractivity contribution in [3.8, 4) is 22.6 Å². The first-order chi connectivity index (χ1) is 18.0. The third-order valence-electron chi connectivity index (χ3n) is 6.30. The zero-order chi connectivity index (χ0) is 25.5. The zero-order valence-electron chi connectivity index (χ0n) is 20.2. The second-order valence-corrected chi connectivity index (χ2v) is 9.03. The van der Waals surface area contributed by atoms with Crippen LogP contribution >= 0.6 is 0 Å². The number of rotatable bonds is 4. The number of hydrogen-bond donors (Lipinski definition) is 1. The maximum absolute atomic E-state index is 13.5. The maximum Gasteiger partial charge on any atom is 0.344 e. The molecule has 37 heavy (non-hydrogen) atoms. The van der Waals surface area contributed by atoms with Gasteiger partial charge < -0.3 is 14.2 Å². The monoisotopic (exact) mass is 486 g/mol. The van der Waals surface area contributed by atoms with E-state index in [2.05, 4.69) is 10.3 Å². The maximum atomic E-state index is 13.5. The van der Waals surface area contributed by atoms with Gasteiger partial charge in [0.1, 0.15) is 5.52 Å². The standard InChI is InChI=1S/C31H22N2O4/c1-18-10-13-20(14-11-18)27-23-8-3-4-9-24(23)31(35)37-28(27)29(34)32-22-7-5-6-21(17-22)30-33-25-15-12-19(2)16-26(25)36-30/h3-17H,1-2H3,(H,32,34). The molecule has 6 nitrogen and oxygen atoms in total. The third-order valence-corrected chi connectivity index (χ3v) is 6.30. The molecule has 6 rings (SSSR count). The van der Waals surface area contributed by atoms with E-state index in [1.807, 2.05) is 80.6 Å². The molecule has 6 heteroatoms. The molecule has 0 saturated carbocycles. The van der Waals surface area contributed by atoms with Crippen LogP contribution in [0.15, 0.2) is 105 Å². The van der Waals surface area contributed by atoms with Crippen molar-refractivity contribution >= 4 is 33.5 Å². The predicted molar refractivity (Wildman–Crippen MR) is 145 cm³/mol. The van der Waals surface area contributed by atoms with Crippen molar-refractivity contribution in [3.05, 3.63) is 118 Å². The number of aryl methyl sites for hydroxylation is 2. The minimum atomic E-state index is -0.563. The van der Waals surface area contributed by atoms with Gasteiger partial charge in [0.25, 0.3) is 5.91 Å². The van der Waals surface area contributed by atoms with Gasteiger partial charge in [-0.05, 0) is 61.4 Å². The van der Waals surface area contributed by atoms with Crippen LogP contribution in [0, 0.1) is 13.8 Å². The lowest BCUT2D eigenvalue weighted by molar-refractivity contribution is 0.0994. The molecule has 0 bridgehead atoms. The number of nitrogens with zero attached hydrogens (tertiary/aromatic N) is 1. The van der Waals surface area contributed by atoms with Gasteiger partial charge in [0.05, 0.1) is 5.39 Å². The van der Waals surface area contributed by atoms with Gasteiger partial charge >= 0.3 is 5.63 Å². The Hall–Kier alpha value is -4.97. The van der Waals surface area contributed by atoms with E-state index >= 15 is 0 Å². The molecule has 4 aromatic carbocycles. The molecule has 180 valence electrons. The lowest BCUT2D eigenvalue weighted by atomic mass is 9.97. The molecule has 0 fully saturated rings. The summed E-state index contributed by atoms with van der Waals surface area (Å²) in [5, 5.41) is 3.96. The molecule has 0 aliphatic rings. The Morgan fingerprint density at radius 3 is 2.32 bits per heavy atom. The molecule has 0 saturated heterocycles. The van der Waals surface area contributed by atoms with Gasteiger partial charge in [-0.15, -0.1) is 0 Å². The van der Waals surface area contributed by atoms with Gasteiger partial charge in [-0.1, -0.05) is 60.2 Å². The molecule has 0 unspecified atom stereocenters. The topological polar surface area (TPSA) is 85.3 Å². The van der Waals surface area contributed by atoms with Gasteiger partial charge in [-0.3, -0.25) is 4.79 Å². The van der Waals surface area contributed by atoms with E-state index in [9.17, 15) is 9.59 Å². The summed E-state index contributed by atoms with van der Waals surface area (Å²) in [6.07, 6.45) is 0. The second kappa shape index (κ2) is 8.91. The first kappa shape index (κ1) is 22.5. The number of oxazole rings is 1. The molecule has 0 spiro atoms. The lowest BCUT2D eigenvalue weighted by Gasteiger charge is -2.12. The Bertz CT molecular complexity index is 1860. The van der Waals surface area contributed by atoms with Gasteiger partial charge in [-0.2, -0.15) is 0 Å². The van der Waals surface area contributed by atoms with Crippen molar-refractivity contribution in [2.45, 2.75) is 13.8 Å². The predicted octanol–water partition coefficient (Wildman–Crippen LogP) is 7.14. The normalized spacial score (nSPS) is 11.2. The van der Waals surface area contributed by atoms with Crippen LogP contribution in [-0.2, 0) is 0 Å². The smallest absolute Gasteiger partial charge is 0.344 e. The van der Waals surface area contributed by atoms with Crippen molar-refractivity contribution in [1.82, 2.24) is 4.98 Å². The average molecular weight is 487 g/mol. The summed E-state index contributed by atoms with van der Waals surface area (Å²) in [4.78, 5) is 30.9. The van der Waals surface area contributed by atoms with Crippen molar-refractivity contribution in [2.75, 3.05) is 5.32 Å². The Balaban J connectivity index is 1.41. The minimum Gasteiger partial charge on any atom is -0.436 e. The van der Waals surface area contributed by atoms with Gasteiger partial charge in [0.2, 0.25) is 11.7 Å². The van der Waals surface area contributed by atoms with Gasteiger partial charge in [-0.25, -0.2) is 9.78 Å². The zero-order valence-corrected chi connectivity index (χ0v) is 20.2. The Labute approximate surface area is 212 Å². The summed E-state index contributed by atoms with van der Waals surface area (Å²) >= 11 is 0. The van der Waals surface area contributed by atoms with Crippen molar-refractivity contribution < 1.29 is 13.6 Å². The molecule has 1 N–H and O–H groups in total. The summed E-state index contributed by atoms with van der Waals surface area (Å²) in [5.74, 6) is -0.117. The van der Waals surface area contributed by atoms with Crippen LogP contribution in [0.1, 0.15) is 21.7 Å². The average Bonchev–Trinajstić information content (AvgIpc) is 3.33. The van der Waals surface area contributed by atoms with E-state index in [4.69, 9.17) is 8.83 Å². The number of carbonyl (C=O) groups excluding carboxylic acids is 1. The van der Waals surface area contributed by atoms with Gasteiger partial charge in [0, 0.05) is 22.2 Å². The summed E-state index contributed by atoms with van der Waals surface area (Å²) < 4.78 is 11.6. The first-order valence-corrected chi connectivity index (χ1v) is 11.9. The van der Waals surface area contributed by atoms with Crippen molar-refractivity contribution in [1.29, 1.82) is 0 Å². The van der Waals surface area contributed by atoms with Crippen LogP contribution in [0.2, 0.25) is 0 Å². The van der Waals surface area contributed by atoms with Crippen LogP contribution in [-0.4, -0.2) is 10.9 Å². The Morgan fingerprint density at radius 2 is 1.51 bits per heavy atom. The first-order valence-electron chi connectivity index (χ1n) is 11.9. The molecule has 0 radical (unpaired) electrons. The number of benzene rings is 4. The van der Waals surface area contributed by atoms with Crippen LogP contribution in [0.4, 0.5) is 5.69 Å². The molecule has 0 aliphatic heterocycles.